The van der Waals surface area contributed by atoms with Gasteiger partial charge in [0.2, 0.25) is 0 Å². The van der Waals surface area contributed by atoms with E-state index in [-0.39, 0.29) is 0 Å². The van der Waals surface area contributed by atoms with Gasteiger partial charge in [0.25, 0.3) is 0 Å². The van der Waals surface area contributed by atoms with Crippen molar-refractivity contribution in [3.63, 3.8) is 0 Å². The largest absolute Gasteiger partial charge is 0.381 e. The molecule has 17 heavy (non-hydrogen) atoms. The van der Waals surface area contributed by atoms with Gasteiger partial charge in [-0.25, -0.2) is 0 Å². The Morgan fingerprint density at radius 2 is 1.65 bits per heavy atom. The van der Waals surface area contributed by atoms with Crippen molar-refractivity contribution in [2.45, 2.75) is 70.8 Å². The maximum atomic E-state index is 8.72. The van der Waals surface area contributed by atoms with E-state index in [4.69, 9.17) is 15.7 Å². The number of ether oxygens (including phenoxy) is 1. The normalized spacial score (nSPS) is 14.2. The minimum atomic E-state index is -0.691. The maximum Gasteiger partial charge on any atom is 0.101 e. The molecule has 2 N–H and O–H groups in total. The molecule has 0 heterocycles. The quantitative estimate of drug-likeness (QED) is 0.563. The molecule has 0 aliphatic rings. The van der Waals surface area contributed by atoms with Crippen LogP contribution in [0.15, 0.2) is 0 Å². The maximum absolute atomic E-state index is 8.72. The summed E-state index contributed by atoms with van der Waals surface area (Å²) >= 11 is 0. The zero-order chi connectivity index (χ0) is 13.0. The van der Waals surface area contributed by atoms with Crippen molar-refractivity contribution in [3.8, 4) is 6.07 Å². The highest BCUT2D eigenvalue weighted by Crippen LogP contribution is 2.08. The molecule has 0 saturated carbocycles. The Morgan fingerprint density at radius 3 is 2.29 bits per heavy atom. The third kappa shape index (κ3) is 11.7. The van der Waals surface area contributed by atoms with Crippen molar-refractivity contribution in [2.24, 2.45) is 5.73 Å². The van der Waals surface area contributed by atoms with Gasteiger partial charge in [0, 0.05) is 13.2 Å². The van der Waals surface area contributed by atoms with Gasteiger partial charge in [-0.1, -0.05) is 39.0 Å². The number of nitrogens with zero attached hydrogens (tertiary/aromatic N) is 1. The fraction of sp³-hybridized carbons (Fsp3) is 0.929. The Balaban J connectivity index is 3.12. The molecule has 1 unspecified atom stereocenters. The van der Waals surface area contributed by atoms with Gasteiger partial charge in [-0.3, -0.25) is 0 Å². The predicted molar refractivity (Wildman–Crippen MR) is 71.6 cm³/mol. The second kappa shape index (κ2) is 10.6. The Morgan fingerprint density at radius 1 is 1.06 bits per heavy atom. The number of nitrogens with two attached hydrogens (primary N) is 1. The average molecular weight is 240 g/mol. The SMILES string of the molecule is CCCCCCCCOCCCC(C)(N)C#N. The molecular formula is C14H28N2O. The van der Waals surface area contributed by atoms with Crippen LogP contribution < -0.4 is 5.73 Å². The molecule has 0 fully saturated rings. The lowest BCUT2D eigenvalue weighted by atomic mass is 10.00. The molecule has 100 valence electrons. The van der Waals surface area contributed by atoms with Crippen LogP contribution in [0.2, 0.25) is 0 Å². The fourth-order valence-corrected chi connectivity index (χ4v) is 1.68. The third-order valence-electron chi connectivity index (χ3n) is 2.88. The van der Waals surface area contributed by atoms with Gasteiger partial charge in [0.05, 0.1) is 6.07 Å². The summed E-state index contributed by atoms with van der Waals surface area (Å²) < 4.78 is 5.52. The molecule has 1 atom stereocenters. The lowest BCUT2D eigenvalue weighted by molar-refractivity contribution is 0.123. The summed E-state index contributed by atoms with van der Waals surface area (Å²) in [5, 5.41) is 8.72. The second-order valence-electron chi connectivity index (χ2n) is 5.01. The van der Waals surface area contributed by atoms with E-state index in [9.17, 15) is 0 Å². The number of unbranched alkanes of at least 4 members (excludes halogenated alkanes) is 5. The Kier molecular flexibility index (Phi) is 10.2. The summed E-state index contributed by atoms with van der Waals surface area (Å²) in [4.78, 5) is 0. The highest BCUT2D eigenvalue weighted by Gasteiger charge is 2.15. The van der Waals surface area contributed by atoms with E-state index >= 15 is 0 Å². The number of nitriles is 1. The molecule has 0 radical (unpaired) electrons. The van der Waals surface area contributed by atoms with Crippen LogP contribution in [0.25, 0.3) is 0 Å². The van der Waals surface area contributed by atoms with Crippen LogP contribution in [0.5, 0.6) is 0 Å². The Labute approximate surface area is 106 Å². The molecule has 0 saturated heterocycles. The Bertz CT molecular complexity index is 209. The van der Waals surface area contributed by atoms with Gasteiger partial charge in [0.1, 0.15) is 5.54 Å². The van der Waals surface area contributed by atoms with Crippen LogP contribution in [-0.4, -0.2) is 18.8 Å². The number of rotatable bonds is 11. The van der Waals surface area contributed by atoms with Gasteiger partial charge >= 0.3 is 0 Å². The van der Waals surface area contributed by atoms with Crippen molar-refractivity contribution in [1.82, 2.24) is 0 Å². The zero-order valence-corrected chi connectivity index (χ0v) is 11.5. The molecule has 0 aliphatic carbocycles. The van der Waals surface area contributed by atoms with E-state index in [0.29, 0.717) is 6.42 Å². The van der Waals surface area contributed by atoms with Gasteiger partial charge in [0.15, 0.2) is 0 Å². The summed E-state index contributed by atoms with van der Waals surface area (Å²) in [5.74, 6) is 0. The fourth-order valence-electron chi connectivity index (χ4n) is 1.68. The Hall–Kier alpha value is -0.590. The zero-order valence-electron chi connectivity index (χ0n) is 11.5. The average Bonchev–Trinajstić information content (AvgIpc) is 2.31. The molecule has 0 aromatic rings. The van der Waals surface area contributed by atoms with Gasteiger partial charge in [-0.15, -0.1) is 0 Å². The molecule has 0 bridgehead atoms. The van der Waals surface area contributed by atoms with Gasteiger partial charge < -0.3 is 10.5 Å². The molecule has 0 aliphatic heterocycles. The summed E-state index contributed by atoms with van der Waals surface area (Å²) in [5.41, 5.74) is 5.02. The first-order valence-corrected chi connectivity index (χ1v) is 6.90. The number of hydrogen-bond acceptors (Lipinski definition) is 3. The second-order valence-corrected chi connectivity index (χ2v) is 5.01. The first kappa shape index (κ1) is 16.4. The third-order valence-corrected chi connectivity index (χ3v) is 2.88. The van der Waals surface area contributed by atoms with E-state index in [1.54, 1.807) is 6.92 Å². The minimum absolute atomic E-state index is 0.691. The molecule has 3 nitrogen and oxygen atoms in total. The lowest BCUT2D eigenvalue weighted by Crippen LogP contribution is -2.34. The standard InChI is InChI=1S/C14H28N2O/c1-3-4-5-6-7-8-11-17-12-9-10-14(2,16)13-15/h3-12,16H2,1-2H3. The molecular weight excluding hydrogens is 212 g/mol. The first-order chi connectivity index (χ1) is 8.12. The van der Waals surface area contributed by atoms with E-state index in [1.165, 1.54) is 32.1 Å². The van der Waals surface area contributed by atoms with Crippen molar-refractivity contribution in [2.75, 3.05) is 13.2 Å². The predicted octanol–water partition coefficient (Wildman–Crippen LogP) is 3.38. The van der Waals surface area contributed by atoms with E-state index in [2.05, 4.69) is 13.0 Å². The molecule has 0 amide bonds. The minimum Gasteiger partial charge on any atom is -0.381 e. The molecule has 3 heteroatoms. The summed E-state index contributed by atoms with van der Waals surface area (Å²) in [7, 11) is 0. The number of hydrogen-bond donors (Lipinski definition) is 1. The van der Waals surface area contributed by atoms with E-state index < -0.39 is 5.54 Å². The van der Waals surface area contributed by atoms with Gasteiger partial charge in [-0.05, 0) is 26.2 Å². The van der Waals surface area contributed by atoms with E-state index in [1.807, 2.05) is 0 Å². The van der Waals surface area contributed by atoms with Gasteiger partial charge in [-0.2, -0.15) is 5.26 Å². The van der Waals surface area contributed by atoms with Crippen molar-refractivity contribution >= 4 is 0 Å². The van der Waals surface area contributed by atoms with Crippen LogP contribution in [-0.2, 0) is 4.74 Å². The van der Waals surface area contributed by atoms with Crippen LogP contribution >= 0.6 is 0 Å². The molecule has 0 spiro atoms. The van der Waals surface area contributed by atoms with Crippen LogP contribution in [0.4, 0.5) is 0 Å². The van der Waals surface area contributed by atoms with E-state index in [0.717, 1.165) is 26.1 Å². The summed E-state index contributed by atoms with van der Waals surface area (Å²) in [6, 6.07) is 2.09. The van der Waals surface area contributed by atoms with Crippen LogP contribution in [0.1, 0.15) is 65.2 Å². The highest BCUT2D eigenvalue weighted by atomic mass is 16.5. The highest BCUT2D eigenvalue weighted by molar-refractivity contribution is 5.00. The van der Waals surface area contributed by atoms with Crippen LogP contribution in [0.3, 0.4) is 0 Å². The lowest BCUT2D eigenvalue weighted by Gasteiger charge is -2.14. The van der Waals surface area contributed by atoms with Crippen LogP contribution in [0, 0.1) is 11.3 Å². The molecule has 0 aromatic carbocycles. The monoisotopic (exact) mass is 240 g/mol. The summed E-state index contributed by atoms with van der Waals surface area (Å²) in [6.45, 7) is 5.57. The first-order valence-electron chi connectivity index (χ1n) is 6.90. The van der Waals surface area contributed by atoms with Crippen molar-refractivity contribution in [3.05, 3.63) is 0 Å². The summed E-state index contributed by atoms with van der Waals surface area (Å²) in [6.07, 6.45) is 9.33. The molecule has 0 rings (SSSR count). The molecule has 0 aromatic heterocycles. The van der Waals surface area contributed by atoms with Crippen molar-refractivity contribution < 1.29 is 4.74 Å². The van der Waals surface area contributed by atoms with Crippen molar-refractivity contribution in [1.29, 1.82) is 5.26 Å². The topological polar surface area (TPSA) is 59.0 Å². The smallest absolute Gasteiger partial charge is 0.101 e.